The summed E-state index contributed by atoms with van der Waals surface area (Å²) >= 11 is 0. The van der Waals surface area contributed by atoms with E-state index in [2.05, 4.69) is 15.6 Å². The molecule has 1 aromatic carbocycles. The Kier molecular flexibility index (Phi) is 7.86. The van der Waals surface area contributed by atoms with Gasteiger partial charge < -0.3 is 20.1 Å². The Balaban J connectivity index is 0.00000140. The summed E-state index contributed by atoms with van der Waals surface area (Å²) in [5, 5.41) is 6.26. The van der Waals surface area contributed by atoms with Crippen LogP contribution in [-0.2, 0) is 11.3 Å². The van der Waals surface area contributed by atoms with E-state index in [1.807, 2.05) is 33.9 Å². The summed E-state index contributed by atoms with van der Waals surface area (Å²) in [7, 11) is 0. The van der Waals surface area contributed by atoms with Gasteiger partial charge in [-0.2, -0.15) is 0 Å². The predicted octanol–water partition coefficient (Wildman–Crippen LogP) is 2.05. The van der Waals surface area contributed by atoms with Crippen LogP contribution in [0.4, 0.5) is 5.69 Å². The first-order valence-corrected chi connectivity index (χ1v) is 9.05. The van der Waals surface area contributed by atoms with Crippen molar-refractivity contribution in [2.45, 2.75) is 13.0 Å². The minimum Gasteiger partial charge on any atom is -0.338 e. The van der Waals surface area contributed by atoms with Crippen LogP contribution >= 0.6 is 24.8 Å². The zero-order valence-corrected chi connectivity index (χ0v) is 17.0. The molecule has 0 bridgehead atoms. The normalized spacial score (nSPS) is 20.1. The molecule has 0 aliphatic carbocycles. The fourth-order valence-corrected chi connectivity index (χ4v) is 3.81. The van der Waals surface area contributed by atoms with Crippen LogP contribution in [0.3, 0.4) is 0 Å². The van der Waals surface area contributed by atoms with Crippen LogP contribution in [0, 0.1) is 11.8 Å². The first-order chi connectivity index (χ1) is 12.7. The molecule has 4 rings (SSSR count). The largest absolute Gasteiger partial charge is 0.338 e. The average Bonchev–Trinajstić information content (AvgIpc) is 3.36. The summed E-state index contributed by atoms with van der Waals surface area (Å²) in [6.45, 7) is 4.22. The summed E-state index contributed by atoms with van der Waals surface area (Å²) in [6.07, 6.45) is 5.56. The van der Waals surface area contributed by atoms with Crippen LogP contribution in [0.15, 0.2) is 43.0 Å². The van der Waals surface area contributed by atoms with Gasteiger partial charge in [0.05, 0.1) is 6.33 Å². The molecule has 2 fully saturated rings. The van der Waals surface area contributed by atoms with E-state index in [1.54, 1.807) is 18.6 Å². The lowest BCUT2D eigenvalue weighted by atomic mass is 10.0. The second kappa shape index (κ2) is 9.91. The van der Waals surface area contributed by atoms with Crippen LogP contribution in [0.5, 0.6) is 0 Å². The van der Waals surface area contributed by atoms with Crippen LogP contribution in [0.25, 0.3) is 0 Å². The first kappa shape index (κ1) is 22.2. The van der Waals surface area contributed by atoms with Gasteiger partial charge in [-0.25, -0.2) is 4.98 Å². The highest BCUT2D eigenvalue weighted by Gasteiger charge is 2.38. The predicted molar refractivity (Wildman–Crippen MR) is 112 cm³/mol. The Hall–Kier alpha value is -2.09. The van der Waals surface area contributed by atoms with E-state index in [4.69, 9.17) is 0 Å². The molecule has 7 nitrogen and oxygen atoms in total. The number of rotatable bonds is 5. The minimum absolute atomic E-state index is 0. The van der Waals surface area contributed by atoms with Crippen molar-refractivity contribution >= 4 is 42.3 Å². The quantitative estimate of drug-likeness (QED) is 0.767. The van der Waals surface area contributed by atoms with Gasteiger partial charge >= 0.3 is 0 Å². The van der Waals surface area contributed by atoms with Gasteiger partial charge in [0.15, 0.2) is 0 Å². The van der Waals surface area contributed by atoms with Crippen molar-refractivity contribution in [3.05, 3.63) is 48.5 Å². The topological polar surface area (TPSA) is 79.3 Å². The van der Waals surface area contributed by atoms with Crippen LogP contribution < -0.4 is 10.6 Å². The van der Waals surface area contributed by atoms with Crippen LogP contribution in [-0.4, -0.2) is 52.4 Å². The highest BCUT2D eigenvalue weighted by atomic mass is 35.5. The third-order valence-electron chi connectivity index (χ3n) is 5.23. The molecule has 0 saturated carbocycles. The number of amides is 2. The van der Waals surface area contributed by atoms with E-state index >= 15 is 0 Å². The molecule has 28 heavy (non-hydrogen) atoms. The van der Waals surface area contributed by atoms with Gasteiger partial charge in [0.1, 0.15) is 0 Å². The van der Waals surface area contributed by atoms with Gasteiger partial charge in [0.2, 0.25) is 5.91 Å². The van der Waals surface area contributed by atoms with Crippen molar-refractivity contribution in [1.82, 2.24) is 19.8 Å². The number of likely N-dealkylation sites (tertiary alicyclic amines) is 1. The number of aryl methyl sites for hydroxylation is 1. The molecule has 0 radical (unpaired) electrons. The van der Waals surface area contributed by atoms with E-state index < -0.39 is 0 Å². The molecule has 2 aliphatic heterocycles. The SMILES string of the molecule is Cl.Cl.O=C(CCn1ccnc1)Nc1cccc(C(=O)N2C[C@H]3CNC[C@H]3C2)c1. The fourth-order valence-electron chi connectivity index (χ4n) is 3.81. The number of aromatic nitrogens is 2. The van der Waals surface area contributed by atoms with Crippen molar-refractivity contribution in [3.8, 4) is 0 Å². The summed E-state index contributed by atoms with van der Waals surface area (Å²) in [5.74, 6) is 1.12. The molecule has 2 aromatic rings. The molecule has 2 saturated heterocycles. The third-order valence-corrected chi connectivity index (χ3v) is 5.23. The maximum absolute atomic E-state index is 12.8. The molecule has 9 heteroatoms. The molecular formula is C19H25Cl2N5O2. The van der Waals surface area contributed by atoms with Crippen molar-refractivity contribution in [2.75, 3.05) is 31.5 Å². The first-order valence-electron chi connectivity index (χ1n) is 9.05. The fraction of sp³-hybridized carbons (Fsp3) is 0.421. The molecule has 2 atom stereocenters. The molecule has 0 spiro atoms. The number of anilines is 1. The smallest absolute Gasteiger partial charge is 0.253 e. The lowest BCUT2D eigenvalue weighted by Gasteiger charge is -2.18. The monoisotopic (exact) mass is 425 g/mol. The van der Waals surface area contributed by atoms with Gasteiger partial charge in [-0.15, -0.1) is 24.8 Å². The molecule has 2 N–H and O–H groups in total. The van der Waals surface area contributed by atoms with Gasteiger partial charge in [-0.1, -0.05) is 6.07 Å². The zero-order chi connectivity index (χ0) is 17.9. The molecule has 0 unspecified atom stereocenters. The van der Waals surface area contributed by atoms with E-state index in [-0.39, 0.29) is 36.6 Å². The number of hydrogen-bond donors (Lipinski definition) is 2. The van der Waals surface area contributed by atoms with Crippen LogP contribution in [0.1, 0.15) is 16.8 Å². The average molecular weight is 426 g/mol. The number of benzene rings is 1. The Morgan fingerprint density at radius 1 is 1.18 bits per heavy atom. The van der Waals surface area contributed by atoms with E-state index in [1.165, 1.54) is 0 Å². The van der Waals surface area contributed by atoms with Gasteiger partial charge in [0, 0.05) is 62.8 Å². The van der Waals surface area contributed by atoms with E-state index in [0.717, 1.165) is 26.2 Å². The number of carbonyl (C=O) groups excluding carboxylic acids is 2. The Morgan fingerprint density at radius 2 is 1.93 bits per heavy atom. The number of halogens is 2. The highest BCUT2D eigenvalue weighted by Crippen LogP contribution is 2.27. The van der Waals surface area contributed by atoms with Gasteiger partial charge in [-0.05, 0) is 30.0 Å². The maximum Gasteiger partial charge on any atom is 0.253 e. The van der Waals surface area contributed by atoms with Crippen molar-refractivity contribution in [2.24, 2.45) is 11.8 Å². The lowest BCUT2D eigenvalue weighted by molar-refractivity contribution is -0.116. The molecule has 152 valence electrons. The highest BCUT2D eigenvalue weighted by molar-refractivity contribution is 5.97. The lowest BCUT2D eigenvalue weighted by Crippen LogP contribution is -2.31. The second-order valence-corrected chi connectivity index (χ2v) is 7.07. The minimum atomic E-state index is -0.0786. The second-order valence-electron chi connectivity index (χ2n) is 7.07. The maximum atomic E-state index is 12.8. The summed E-state index contributed by atoms with van der Waals surface area (Å²) in [4.78, 5) is 30.8. The van der Waals surface area contributed by atoms with Gasteiger partial charge in [-0.3, -0.25) is 9.59 Å². The van der Waals surface area contributed by atoms with E-state index in [9.17, 15) is 9.59 Å². The zero-order valence-electron chi connectivity index (χ0n) is 15.4. The number of nitrogens with zero attached hydrogens (tertiary/aromatic N) is 3. The van der Waals surface area contributed by atoms with Gasteiger partial charge in [0.25, 0.3) is 5.91 Å². The molecular weight excluding hydrogens is 401 g/mol. The Morgan fingerprint density at radius 3 is 2.61 bits per heavy atom. The third kappa shape index (κ3) is 5.04. The number of fused-ring (bicyclic) bond motifs is 1. The van der Waals surface area contributed by atoms with Crippen molar-refractivity contribution in [3.63, 3.8) is 0 Å². The number of hydrogen-bond acceptors (Lipinski definition) is 4. The molecule has 3 heterocycles. The Labute approximate surface area is 176 Å². The Bertz CT molecular complexity index is 787. The summed E-state index contributed by atoms with van der Waals surface area (Å²) < 4.78 is 1.86. The van der Waals surface area contributed by atoms with Crippen LogP contribution in [0.2, 0.25) is 0 Å². The number of imidazole rings is 1. The molecule has 1 aromatic heterocycles. The number of nitrogens with one attached hydrogen (secondary N) is 2. The number of carbonyl (C=O) groups is 2. The molecule has 2 amide bonds. The molecule has 2 aliphatic rings. The standard InChI is InChI=1S/C19H23N5O2.2ClH/c25-18(4-6-23-7-5-20-13-23)22-17-3-1-2-14(8-17)19(26)24-11-15-9-21-10-16(15)12-24;;/h1-3,5,7-8,13,15-16,21H,4,6,9-12H2,(H,22,25);2*1H/t15-,16+;;. The van der Waals surface area contributed by atoms with E-state index in [0.29, 0.717) is 36.1 Å². The summed E-state index contributed by atoms with van der Waals surface area (Å²) in [5.41, 5.74) is 1.29. The van der Waals surface area contributed by atoms with Crippen molar-refractivity contribution < 1.29 is 9.59 Å². The van der Waals surface area contributed by atoms with Crippen molar-refractivity contribution in [1.29, 1.82) is 0 Å². The summed E-state index contributed by atoms with van der Waals surface area (Å²) in [6, 6.07) is 7.21.